The molecule has 0 amide bonds. The Balaban J connectivity index is 1.74. The lowest BCUT2D eigenvalue weighted by atomic mass is 9.50. The van der Waals surface area contributed by atoms with Crippen molar-refractivity contribution in [2.24, 2.45) is 23.5 Å². The molecule has 0 atom stereocenters. The summed E-state index contributed by atoms with van der Waals surface area (Å²) in [5.74, 6) is 2.95. The van der Waals surface area contributed by atoms with E-state index in [1.807, 2.05) is 0 Å². The minimum atomic E-state index is 0.188. The van der Waals surface area contributed by atoms with Crippen molar-refractivity contribution in [2.75, 3.05) is 0 Å². The summed E-state index contributed by atoms with van der Waals surface area (Å²) in [6.07, 6.45) is 8.24. The fraction of sp³-hybridized carbons (Fsp3) is 0.786. The second kappa shape index (κ2) is 3.70. The Kier molecular flexibility index (Phi) is 2.31. The zero-order chi connectivity index (χ0) is 12.3. The Labute approximate surface area is 111 Å². The van der Waals surface area contributed by atoms with Gasteiger partial charge in [0.25, 0.3) is 0 Å². The first-order valence-electron chi connectivity index (χ1n) is 7.08. The molecule has 3 nitrogen and oxygen atoms in total. The van der Waals surface area contributed by atoms with E-state index in [-0.39, 0.29) is 5.88 Å². The Morgan fingerprint density at radius 2 is 1.72 bits per heavy atom. The fourth-order valence-corrected chi connectivity index (χ4v) is 6.13. The number of hydrogen-bond acceptors (Lipinski definition) is 4. The molecule has 0 aliphatic heterocycles. The van der Waals surface area contributed by atoms with Gasteiger partial charge in [-0.15, -0.1) is 11.3 Å². The molecule has 98 valence electrons. The van der Waals surface area contributed by atoms with Gasteiger partial charge < -0.3 is 10.8 Å². The molecule has 1 aromatic rings. The second-order valence-corrected chi connectivity index (χ2v) is 7.75. The van der Waals surface area contributed by atoms with Crippen LogP contribution in [0.5, 0.6) is 5.88 Å². The molecular formula is C14H20N2OS. The monoisotopic (exact) mass is 264 g/mol. The first-order chi connectivity index (χ1) is 8.68. The number of thiazole rings is 1. The molecule has 4 aliphatic rings. The van der Waals surface area contributed by atoms with Crippen molar-refractivity contribution in [1.82, 2.24) is 4.98 Å². The van der Waals surface area contributed by atoms with Crippen molar-refractivity contribution in [1.29, 1.82) is 0 Å². The Bertz CT molecular complexity index is 447. The van der Waals surface area contributed by atoms with Crippen LogP contribution in [0.1, 0.15) is 48.4 Å². The molecule has 0 aromatic carbocycles. The van der Waals surface area contributed by atoms with Crippen LogP contribution in [0.2, 0.25) is 0 Å². The maximum absolute atomic E-state index is 9.85. The van der Waals surface area contributed by atoms with Gasteiger partial charge in [-0.1, -0.05) is 0 Å². The zero-order valence-corrected chi connectivity index (χ0v) is 11.4. The lowest BCUT2D eigenvalue weighted by Gasteiger charge is -2.56. The summed E-state index contributed by atoms with van der Waals surface area (Å²) in [6, 6.07) is 0. The highest BCUT2D eigenvalue weighted by atomic mass is 32.1. The molecule has 18 heavy (non-hydrogen) atoms. The number of hydrogen-bond donors (Lipinski definition) is 2. The van der Waals surface area contributed by atoms with Crippen LogP contribution >= 0.6 is 11.3 Å². The quantitative estimate of drug-likeness (QED) is 0.863. The van der Waals surface area contributed by atoms with E-state index in [9.17, 15) is 5.11 Å². The first kappa shape index (κ1) is 11.2. The number of aromatic nitrogens is 1. The topological polar surface area (TPSA) is 59.1 Å². The van der Waals surface area contributed by atoms with Crippen molar-refractivity contribution < 1.29 is 5.11 Å². The van der Waals surface area contributed by atoms with Gasteiger partial charge in [-0.05, 0) is 56.3 Å². The molecule has 1 aromatic heterocycles. The number of rotatable bonds is 2. The third-order valence-electron chi connectivity index (χ3n) is 5.35. The first-order valence-corrected chi connectivity index (χ1v) is 7.89. The lowest BCUT2D eigenvalue weighted by Crippen LogP contribution is -2.48. The van der Waals surface area contributed by atoms with E-state index < -0.39 is 0 Å². The smallest absolute Gasteiger partial charge is 0.226 e. The van der Waals surface area contributed by atoms with E-state index in [1.54, 1.807) is 11.3 Å². The third-order valence-corrected chi connectivity index (χ3v) is 6.67. The molecule has 1 heterocycles. The summed E-state index contributed by atoms with van der Waals surface area (Å²) in [4.78, 5) is 5.33. The number of nitrogens with zero attached hydrogens (tertiary/aromatic N) is 1. The van der Waals surface area contributed by atoms with Crippen LogP contribution in [0.25, 0.3) is 0 Å². The highest BCUT2D eigenvalue weighted by Crippen LogP contribution is 2.61. The Morgan fingerprint density at radius 1 is 1.17 bits per heavy atom. The largest absolute Gasteiger partial charge is 0.492 e. The Morgan fingerprint density at radius 3 is 2.17 bits per heavy atom. The van der Waals surface area contributed by atoms with Crippen LogP contribution in [-0.2, 0) is 12.0 Å². The van der Waals surface area contributed by atoms with Crippen LogP contribution in [0.15, 0.2) is 0 Å². The normalized spacial score (nSPS) is 41.5. The molecule has 4 saturated carbocycles. The summed E-state index contributed by atoms with van der Waals surface area (Å²) in [5, 5.41) is 11.0. The van der Waals surface area contributed by atoms with E-state index in [0.29, 0.717) is 12.0 Å². The number of nitrogens with two attached hydrogens (primary N) is 1. The lowest BCUT2D eigenvalue weighted by molar-refractivity contribution is -0.00542. The van der Waals surface area contributed by atoms with Crippen LogP contribution in [0, 0.1) is 17.8 Å². The van der Waals surface area contributed by atoms with E-state index in [1.165, 1.54) is 43.5 Å². The van der Waals surface area contributed by atoms with E-state index >= 15 is 0 Å². The highest BCUT2D eigenvalue weighted by molar-refractivity contribution is 7.12. The summed E-state index contributed by atoms with van der Waals surface area (Å²) in [6.45, 7) is 0.413. The maximum Gasteiger partial charge on any atom is 0.226 e. The molecule has 4 heteroatoms. The van der Waals surface area contributed by atoms with Crippen molar-refractivity contribution >= 4 is 11.3 Å². The minimum absolute atomic E-state index is 0.188. The molecule has 0 spiro atoms. The second-order valence-electron chi connectivity index (χ2n) is 6.67. The van der Waals surface area contributed by atoms with Gasteiger partial charge in [-0.25, -0.2) is 4.98 Å². The molecule has 4 aliphatic carbocycles. The van der Waals surface area contributed by atoms with Gasteiger partial charge in [-0.3, -0.25) is 0 Å². The fourth-order valence-electron chi connectivity index (χ4n) is 5.08. The Hall–Kier alpha value is -0.610. The summed E-state index contributed by atoms with van der Waals surface area (Å²) < 4.78 is 0. The molecule has 5 rings (SSSR count). The zero-order valence-electron chi connectivity index (χ0n) is 10.6. The van der Waals surface area contributed by atoms with Gasteiger partial charge in [0.05, 0.1) is 4.88 Å². The number of aromatic hydroxyl groups is 1. The summed E-state index contributed by atoms with van der Waals surface area (Å²) in [7, 11) is 0. The van der Waals surface area contributed by atoms with Gasteiger partial charge in [0, 0.05) is 12.0 Å². The van der Waals surface area contributed by atoms with Gasteiger partial charge in [0.1, 0.15) is 5.01 Å². The van der Waals surface area contributed by atoms with E-state index in [4.69, 9.17) is 5.73 Å². The van der Waals surface area contributed by atoms with E-state index in [0.717, 1.165) is 22.6 Å². The standard InChI is InChI=1S/C14H20N2OS/c15-7-11-12(17)16-13(18-11)14-4-8-1-9(5-14)3-10(2-8)6-14/h8-10,17H,1-7,15H2. The van der Waals surface area contributed by atoms with Gasteiger partial charge in [-0.2, -0.15) is 0 Å². The van der Waals surface area contributed by atoms with E-state index in [2.05, 4.69) is 4.98 Å². The summed E-state index contributed by atoms with van der Waals surface area (Å²) in [5.41, 5.74) is 5.96. The van der Waals surface area contributed by atoms with Crippen molar-refractivity contribution in [2.45, 2.75) is 50.5 Å². The van der Waals surface area contributed by atoms with Crippen LogP contribution < -0.4 is 5.73 Å². The average molecular weight is 264 g/mol. The minimum Gasteiger partial charge on any atom is -0.492 e. The van der Waals surface area contributed by atoms with Gasteiger partial charge in [0.15, 0.2) is 0 Å². The predicted octanol–water partition coefficient (Wildman–Crippen LogP) is 2.78. The molecule has 0 radical (unpaired) electrons. The van der Waals surface area contributed by atoms with Crippen molar-refractivity contribution in [3.63, 3.8) is 0 Å². The molecule has 4 fully saturated rings. The SMILES string of the molecule is NCc1sc(C23CC4CC(CC(C4)C2)C3)nc1O. The van der Waals surface area contributed by atoms with Crippen LogP contribution in [0.4, 0.5) is 0 Å². The maximum atomic E-state index is 9.85. The molecule has 0 unspecified atom stereocenters. The molecule has 3 N–H and O–H groups in total. The highest BCUT2D eigenvalue weighted by Gasteiger charge is 2.53. The van der Waals surface area contributed by atoms with Crippen LogP contribution in [0.3, 0.4) is 0 Å². The van der Waals surface area contributed by atoms with Crippen molar-refractivity contribution in [3.8, 4) is 5.88 Å². The summed E-state index contributed by atoms with van der Waals surface area (Å²) >= 11 is 1.66. The molecule has 4 bridgehead atoms. The molecular weight excluding hydrogens is 244 g/mol. The predicted molar refractivity (Wildman–Crippen MR) is 71.5 cm³/mol. The third kappa shape index (κ3) is 1.48. The molecule has 0 saturated heterocycles. The van der Waals surface area contributed by atoms with Gasteiger partial charge in [0.2, 0.25) is 5.88 Å². The van der Waals surface area contributed by atoms with Crippen molar-refractivity contribution in [3.05, 3.63) is 9.88 Å². The van der Waals surface area contributed by atoms with Gasteiger partial charge >= 0.3 is 0 Å². The average Bonchev–Trinajstić information content (AvgIpc) is 2.69. The van der Waals surface area contributed by atoms with Crippen LogP contribution in [-0.4, -0.2) is 10.1 Å².